The van der Waals surface area contributed by atoms with Gasteiger partial charge in [0.15, 0.2) is 23.0 Å². The summed E-state index contributed by atoms with van der Waals surface area (Å²) in [4.78, 5) is 4.72. The van der Waals surface area contributed by atoms with Gasteiger partial charge in [-0.15, -0.1) is 0 Å². The maximum absolute atomic E-state index is 6.55. The van der Waals surface area contributed by atoms with Crippen molar-refractivity contribution in [1.29, 1.82) is 0 Å². The minimum Gasteiger partial charge on any atom is -0.453 e. The molecule has 0 fully saturated rings. The number of ether oxygens (including phenoxy) is 2. The van der Waals surface area contributed by atoms with Gasteiger partial charge in [0.2, 0.25) is 0 Å². The predicted molar refractivity (Wildman–Crippen MR) is 305 cm³/mol. The van der Waals surface area contributed by atoms with Crippen LogP contribution in [0.3, 0.4) is 0 Å². The van der Waals surface area contributed by atoms with Crippen molar-refractivity contribution in [1.82, 2.24) is 0 Å². The van der Waals surface area contributed by atoms with Crippen LogP contribution in [0.1, 0.15) is 43.9 Å². The Bertz CT molecular complexity index is 4040. The van der Waals surface area contributed by atoms with Gasteiger partial charge in [0.05, 0.1) is 22.7 Å². The summed E-state index contributed by atoms with van der Waals surface area (Å²) in [6.07, 6.45) is 5.74. The lowest BCUT2D eigenvalue weighted by Gasteiger charge is -2.33. The molecule has 0 unspecified atom stereocenters. The first-order valence-electron chi connectivity index (χ1n) is 25.3. The van der Waals surface area contributed by atoms with Gasteiger partial charge in [0.1, 0.15) is 0 Å². The zero-order valence-electron chi connectivity index (χ0n) is 40.9. The second kappa shape index (κ2) is 16.8. The van der Waals surface area contributed by atoms with Gasteiger partial charge < -0.3 is 19.3 Å². The fourth-order valence-electron chi connectivity index (χ4n) is 12.0. The number of rotatable bonds is 6. The third kappa shape index (κ3) is 6.97. The largest absolute Gasteiger partial charge is 0.453 e. The molecular formula is C69H50N2O2. The van der Waals surface area contributed by atoms with E-state index < -0.39 is 0 Å². The summed E-state index contributed by atoms with van der Waals surface area (Å²) in [5.41, 5.74) is 17.4. The fraction of sp³-hybridized carbons (Fsp3) is 0.0725. The van der Waals surface area contributed by atoms with Crippen LogP contribution in [-0.2, 0) is 5.41 Å². The summed E-state index contributed by atoms with van der Waals surface area (Å²) in [6.45, 7) is 7.03. The number of hydrogen-bond acceptors (Lipinski definition) is 4. The van der Waals surface area contributed by atoms with Gasteiger partial charge in [-0.3, -0.25) is 0 Å². The molecule has 4 heteroatoms. The normalized spacial score (nSPS) is 14.8. The van der Waals surface area contributed by atoms with Gasteiger partial charge in [0.25, 0.3) is 0 Å². The molecule has 3 aliphatic rings. The fourth-order valence-corrected chi connectivity index (χ4v) is 12.0. The summed E-state index contributed by atoms with van der Waals surface area (Å²) in [5.74, 6) is 3.30. The van der Waals surface area contributed by atoms with Crippen LogP contribution in [0, 0.1) is 0 Å². The van der Waals surface area contributed by atoms with E-state index in [1.807, 2.05) is 24.3 Å². The number of nitrogens with zero attached hydrogens (tertiary/aromatic N) is 2. The molecule has 14 rings (SSSR count). The first-order chi connectivity index (χ1) is 35.9. The van der Waals surface area contributed by atoms with E-state index in [1.165, 1.54) is 76.8 Å². The Balaban J connectivity index is 1.07. The lowest BCUT2D eigenvalue weighted by atomic mass is 9.84. The third-order valence-corrected chi connectivity index (χ3v) is 15.3. The van der Waals surface area contributed by atoms with Gasteiger partial charge in [-0.25, -0.2) is 0 Å². The first kappa shape index (κ1) is 42.7. The molecule has 0 aromatic heterocycles. The van der Waals surface area contributed by atoms with Crippen molar-refractivity contribution in [3.8, 4) is 45.3 Å². The van der Waals surface area contributed by atoms with E-state index in [9.17, 15) is 0 Å². The summed E-state index contributed by atoms with van der Waals surface area (Å²) in [7, 11) is 0. The van der Waals surface area contributed by atoms with Gasteiger partial charge in [-0.2, -0.15) is 0 Å². The molecule has 11 aromatic rings. The van der Waals surface area contributed by atoms with Crippen molar-refractivity contribution in [2.45, 2.75) is 32.6 Å². The average Bonchev–Trinajstić information content (AvgIpc) is 3.70. The van der Waals surface area contributed by atoms with E-state index in [4.69, 9.17) is 9.47 Å². The Hall–Kier alpha value is -9.12. The lowest BCUT2D eigenvalue weighted by molar-refractivity contribution is 0.477. The summed E-state index contributed by atoms with van der Waals surface area (Å²) in [6, 6.07) is 81.0. The second-order valence-corrected chi connectivity index (χ2v) is 20.2. The Morgan fingerprint density at radius 3 is 1.60 bits per heavy atom. The van der Waals surface area contributed by atoms with Crippen molar-refractivity contribution in [2.24, 2.45) is 0 Å². The van der Waals surface area contributed by atoms with Crippen molar-refractivity contribution in [3.05, 3.63) is 253 Å². The van der Waals surface area contributed by atoms with Crippen LogP contribution in [0.25, 0.3) is 65.7 Å². The first-order valence-corrected chi connectivity index (χ1v) is 25.3. The van der Waals surface area contributed by atoms with Gasteiger partial charge in [0, 0.05) is 11.4 Å². The molecule has 1 aliphatic carbocycles. The summed E-state index contributed by atoms with van der Waals surface area (Å²) < 4.78 is 13.1. The Kier molecular flexibility index (Phi) is 9.81. The van der Waals surface area contributed by atoms with Crippen LogP contribution in [0.4, 0.5) is 34.1 Å². The van der Waals surface area contributed by atoms with E-state index in [2.05, 4.69) is 243 Å². The van der Waals surface area contributed by atoms with Crippen LogP contribution in [0.5, 0.6) is 23.0 Å². The number of allylic oxidation sites excluding steroid dienone is 4. The van der Waals surface area contributed by atoms with Crippen LogP contribution in [0.2, 0.25) is 0 Å². The minimum atomic E-state index is 0.0541. The molecule has 0 saturated carbocycles. The van der Waals surface area contributed by atoms with E-state index in [-0.39, 0.29) is 5.41 Å². The van der Waals surface area contributed by atoms with E-state index in [0.717, 1.165) is 69.1 Å². The standard InChI is InChI=1S/C69H50N2O2/c1-44(34-35-48-43-69(2,3)58-25-7-6-23-53(48)58)67-54-38-36-50(71-61-28-10-14-32-65(61)73-66-33-15-11-29-62(66)71)42-57(54)68(47-21-16-20-46(40-47)52-24-17-19-45-18-4-5-22-51(45)52)55-39-37-49(41-56(55)67)70-59-26-8-12-30-63(59)72-64-31-13-9-27-60(64)70/h4-42H,43H2,1-3H3/b44-34+,48-35+. The van der Waals surface area contributed by atoms with Gasteiger partial charge >= 0.3 is 0 Å². The average molecular weight is 939 g/mol. The van der Waals surface area contributed by atoms with Crippen molar-refractivity contribution < 1.29 is 9.47 Å². The maximum Gasteiger partial charge on any atom is 0.151 e. The van der Waals surface area contributed by atoms with E-state index >= 15 is 0 Å². The monoisotopic (exact) mass is 938 g/mol. The Morgan fingerprint density at radius 2 is 0.945 bits per heavy atom. The highest BCUT2D eigenvalue weighted by Gasteiger charge is 2.33. The van der Waals surface area contributed by atoms with Crippen LogP contribution in [-0.4, -0.2) is 0 Å². The molecule has 11 aromatic carbocycles. The van der Waals surface area contributed by atoms with Crippen LogP contribution < -0.4 is 19.3 Å². The molecule has 0 atom stereocenters. The summed E-state index contributed by atoms with van der Waals surface area (Å²) >= 11 is 0. The number of para-hydroxylation sites is 8. The van der Waals surface area contributed by atoms with E-state index in [1.54, 1.807) is 0 Å². The van der Waals surface area contributed by atoms with Gasteiger partial charge in [-0.1, -0.05) is 172 Å². The predicted octanol–water partition coefficient (Wildman–Crippen LogP) is 19.8. The van der Waals surface area contributed by atoms with Crippen molar-refractivity contribution >= 4 is 77.6 Å². The SMILES string of the molecule is C/C(=C\C=C1/CC(C)(C)c2ccccc21)c1c2cc(N3c4ccccc4Oc4ccccc43)ccc2c(-c2cccc(-c3cccc4ccccc34)c2)c2cc(N3c4ccccc4Oc4ccccc43)ccc12. The van der Waals surface area contributed by atoms with Crippen molar-refractivity contribution in [2.75, 3.05) is 9.80 Å². The number of anilines is 6. The molecule has 0 amide bonds. The van der Waals surface area contributed by atoms with E-state index in [0.29, 0.717) is 0 Å². The molecule has 348 valence electrons. The second-order valence-electron chi connectivity index (χ2n) is 20.2. The molecule has 2 heterocycles. The lowest BCUT2D eigenvalue weighted by Crippen LogP contribution is -2.16. The molecule has 0 bridgehead atoms. The number of fused-ring (bicyclic) bond motifs is 8. The zero-order chi connectivity index (χ0) is 48.8. The Labute approximate surface area is 426 Å². The molecule has 2 aliphatic heterocycles. The molecular weight excluding hydrogens is 889 g/mol. The highest BCUT2D eigenvalue weighted by Crippen LogP contribution is 2.55. The molecule has 0 radical (unpaired) electrons. The molecule has 0 spiro atoms. The van der Waals surface area contributed by atoms with Crippen LogP contribution in [0.15, 0.2) is 237 Å². The smallest absolute Gasteiger partial charge is 0.151 e. The highest BCUT2D eigenvalue weighted by molar-refractivity contribution is 6.20. The third-order valence-electron chi connectivity index (χ3n) is 15.3. The topological polar surface area (TPSA) is 24.9 Å². The Morgan fingerprint density at radius 1 is 0.438 bits per heavy atom. The zero-order valence-corrected chi connectivity index (χ0v) is 40.9. The van der Waals surface area contributed by atoms with Gasteiger partial charge in [-0.05, 0) is 180 Å². The minimum absolute atomic E-state index is 0.0541. The quantitative estimate of drug-likeness (QED) is 0.155. The number of hydrogen-bond donors (Lipinski definition) is 0. The maximum atomic E-state index is 6.55. The summed E-state index contributed by atoms with van der Waals surface area (Å²) in [5, 5.41) is 7.14. The molecule has 73 heavy (non-hydrogen) atoms. The molecule has 4 nitrogen and oxygen atoms in total. The number of benzene rings is 11. The molecule has 0 saturated heterocycles. The highest BCUT2D eigenvalue weighted by atomic mass is 16.5. The molecule has 0 N–H and O–H groups in total. The van der Waals surface area contributed by atoms with Crippen molar-refractivity contribution in [3.63, 3.8) is 0 Å². The van der Waals surface area contributed by atoms with Crippen LogP contribution >= 0.6 is 0 Å².